The van der Waals surface area contributed by atoms with E-state index in [2.05, 4.69) is 38.9 Å². The number of nitrogens with one attached hydrogen (secondary N) is 1. The number of likely N-dealkylation sites (tertiary alicyclic amines) is 1. The normalized spacial score (nSPS) is 17.9. The molecule has 1 aromatic heterocycles. The van der Waals surface area contributed by atoms with Crippen molar-refractivity contribution in [1.82, 2.24) is 20.1 Å². The van der Waals surface area contributed by atoms with Gasteiger partial charge in [-0.2, -0.15) is 0 Å². The van der Waals surface area contributed by atoms with Gasteiger partial charge in [0.25, 0.3) is 0 Å². The molecular weight excluding hydrogens is 326 g/mol. The quantitative estimate of drug-likeness (QED) is 0.638. The van der Waals surface area contributed by atoms with Crippen LogP contribution in [0.4, 0.5) is 0 Å². The van der Waals surface area contributed by atoms with E-state index in [0.29, 0.717) is 18.5 Å². The highest BCUT2D eigenvalue weighted by Gasteiger charge is 2.28. The van der Waals surface area contributed by atoms with Crippen LogP contribution in [0.5, 0.6) is 0 Å². The van der Waals surface area contributed by atoms with E-state index < -0.39 is 0 Å². The molecule has 1 atom stereocenters. The van der Waals surface area contributed by atoms with Crippen LogP contribution in [0.25, 0.3) is 11.5 Å². The van der Waals surface area contributed by atoms with E-state index in [0.717, 1.165) is 43.4 Å². The number of rotatable bonds is 6. The van der Waals surface area contributed by atoms with Crippen LogP contribution >= 0.6 is 0 Å². The second-order valence-electron chi connectivity index (χ2n) is 6.52. The molecule has 1 aliphatic rings. The smallest absolute Gasteiger partial charge is 0.226 e. The van der Waals surface area contributed by atoms with E-state index in [1.54, 1.807) is 6.26 Å². The van der Waals surface area contributed by atoms with Gasteiger partial charge in [0.2, 0.25) is 5.89 Å². The zero-order valence-electron chi connectivity index (χ0n) is 16.0. The van der Waals surface area contributed by atoms with Crippen LogP contribution in [0.2, 0.25) is 0 Å². The Morgan fingerprint density at radius 1 is 1.31 bits per heavy atom. The summed E-state index contributed by atoms with van der Waals surface area (Å²) in [5.41, 5.74) is 1.87. The fourth-order valence-electron chi connectivity index (χ4n) is 3.58. The van der Waals surface area contributed by atoms with E-state index in [4.69, 9.17) is 4.42 Å². The lowest BCUT2D eigenvalue weighted by atomic mass is 10.2. The van der Waals surface area contributed by atoms with Crippen molar-refractivity contribution in [2.24, 2.45) is 4.99 Å². The molecule has 0 amide bonds. The Kier molecular flexibility index (Phi) is 6.28. The van der Waals surface area contributed by atoms with Crippen LogP contribution in [0.1, 0.15) is 26.0 Å². The van der Waals surface area contributed by atoms with Gasteiger partial charge in [-0.1, -0.05) is 32.0 Å². The first-order valence-electron chi connectivity index (χ1n) is 9.44. The van der Waals surface area contributed by atoms with Crippen LogP contribution < -0.4 is 5.32 Å². The second kappa shape index (κ2) is 8.85. The van der Waals surface area contributed by atoms with Crippen molar-refractivity contribution in [3.8, 4) is 11.5 Å². The van der Waals surface area contributed by atoms with Crippen molar-refractivity contribution >= 4 is 5.96 Å². The number of likely N-dealkylation sites (N-methyl/N-ethyl adjacent to an activating group) is 1. The summed E-state index contributed by atoms with van der Waals surface area (Å²) < 4.78 is 5.61. The Morgan fingerprint density at radius 2 is 2.08 bits per heavy atom. The van der Waals surface area contributed by atoms with Crippen LogP contribution in [-0.2, 0) is 6.54 Å². The minimum Gasteiger partial charge on any atom is -0.444 e. The van der Waals surface area contributed by atoms with Gasteiger partial charge in [-0.05, 0) is 31.6 Å². The SMILES string of the molecule is CCN(CC)C1CCN(C(=NC)NCc2coc(-c3ccccc3)n2)C1. The molecule has 0 spiro atoms. The third kappa shape index (κ3) is 4.25. The Hall–Kier alpha value is -2.34. The van der Waals surface area contributed by atoms with Gasteiger partial charge in [0.15, 0.2) is 5.96 Å². The molecule has 3 rings (SSSR count). The van der Waals surface area contributed by atoms with Crippen molar-refractivity contribution in [2.75, 3.05) is 33.2 Å². The summed E-state index contributed by atoms with van der Waals surface area (Å²) in [4.78, 5) is 13.9. The molecule has 0 radical (unpaired) electrons. The minimum absolute atomic E-state index is 0.607. The van der Waals surface area contributed by atoms with Crippen molar-refractivity contribution < 1.29 is 4.42 Å². The highest BCUT2D eigenvalue weighted by molar-refractivity contribution is 5.80. The number of aromatic nitrogens is 1. The fourth-order valence-corrected chi connectivity index (χ4v) is 3.58. The van der Waals surface area contributed by atoms with Gasteiger partial charge in [-0.25, -0.2) is 4.98 Å². The largest absolute Gasteiger partial charge is 0.444 e. The predicted octanol–water partition coefficient (Wildman–Crippen LogP) is 2.83. The monoisotopic (exact) mass is 355 g/mol. The van der Waals surface area contributed by atoms with Gasteiger partial charge in [0.05, 0.1) is 12.2 Å². The minimum atomic E-state index is 0.607. The Bertz CT molecular complexity index is 708. The van der Waals surface area contributed by atoms with Gasteiger partial charge in [0, 0.05) is 31.7 Å². The molecule has 0 saturated carbocycles. The zero-order chi connectivity index (χ0) is 18.4. The number of oxazole rings is 1. The van der Waals surface area contributed by atoms with Gasteiger partial charge in [0.1, 0.15) is 6.26 Å². The van der Waals surface area contributed by atoms with Crippen molar-refractivity contribution in [1.29, 1.82) is 0 Å². The van der Waals surface area contributed by atoms with Crippen LogP contribution in [0, 0.1) is 0 Å². The first-order chi connectivity index (χ1) is 12.7. The summed E-state index contributed by atoms with van der Waals surface area (Å²) in [6.07, 6.45) is 2.90. The molecular formula is C20H29N5O. The molecule has 1 N–H and O–H groups in total. The molecule has 26 heavy (non-hydrogen) atoms. The van der Waals surface area contributed by atoms with Gasteiger partial charge in [-0.15, -0.1) is 0 Å². The van der Waals surface area contributed by atoms with Crippen LogP contribution in [-0.4, -0.2) is 60.0 Å². The van der Waals surface area contributed by atoms with Crippen molar-refractivity contribution in [3.63, 3.8) is 0 Å². The third-order valence-electron chi connectivity index (χ3n) is 5.00. The number of hydrogen-bond donors (Lipinski definition) is 1. The molecule has 2 heterocycles. The average Bonchev–Trinajstić information content (AvgIpc) is 3.34. The lowest BCUT2D eigenvalue weighted by Gasteiger charge is -2.27. The number of hydrogen-bond acceptors (Lipinski definition) is 4. The maximum atomic E-state index is 5.61. The van der Waals surface area contributed by atoms with Crippen LogP contribution in [0.15, 0.2) is 46.0 Å². The van der Waals surface area contributed by atoms with E-state index in [9.17, 15) is 0 Å². The molecule has 0 bridgehead atoms. The van der Waals surface area contributed by atoms with Gasteiger partial charge >= 0.3 is 0 Å². The highest BCUT2D eigenvalue weighted by Crippen LogP contribution is 2.18. The Balaban J connectivity index is 1.56. The maximum absolute atomic E-state index is 5.61. The fraction of sp³-hybridized carbons (Fsp3) is 0.500. The second-order valence-corrected chi connectivity index (χ2v) is 6.52. The van der Waals surface area contributed by atoms with Gasteiger partial charge < -0.3 is 14.6 Å². The molecule has 1 saturated heterocycles. The first kappa shape index (κ1) is 18.5. The summed E-state index contributed by atoms with van der Waals surface area (Å²) in [6, 6.07) is 10.6. The maximum Gasteiger partial charge on any atom is 0.226 e. The summed E-state index contributed by atoms with van der Waals surface area (Å²) in [6.45, 7) is 9.33. The van der Waals surface area contributed by atoms with Crippen LogP contribution in [0.3, 0.4) is 0 Å². The molecule has 6 nitrogen and oxygen atoms in total. The third-order valence-corrected chi connectivity index (χ3v) is 5.00. The van der Waals surface area contributed by atoms with Crippen molar-refractivity contribution in [3.05, 3.63) is 42.3 Å². The molecule has 1 fully saturated rings. The van der Waals surface area contributed by atoms with Crippen molar-refractivity contribution in [2.45, 2.75) is 32.9 Å². The molecule has 140 valence electrons. The number of benzene rings is 1. The number of guanidine groups is 1. The molecule has 1 unspecified atom stereocenters. The molecule has 0 aliphatic carbocycles. The predicted molar refractivity (Wildman–Crippen MR) is 105 cm³/mol. The van der Waals surface area contributed by atoms with Gasteiger partial charge in [-0.3, -0.25) is 9.89 Å². The molecule has 2 aromatic rings. The molecule has 1 aromatic carbocycles. The summed E-state index contributed by atoms with van der Waals surface area (Å²) in [5.74, 6) is 1.59. The first-order valence-corrected chi connectivity index (χ1v) is 9.44. The lowest BCUT2D eigenvalue weighted by molar-refractivity contribution is 0.223. The standard InChI is InChI=1S/C20H29N5O/c1-4-24(5-2)18-11-12-25(14-18)20(21-3)22-13-17-15-26-19(23-17)16-9-7-6-8-10-16/h6-10,15,18H,4-5,11-14H2,1-3H3,(H,21,22). The summed E-state index contributed by atoms with van der Waals surface area (Å²) in [5, 5.41) is 3.42. The highest BCUT2D eigenvalue weighted by atomic mass is 16.3. The Morgan fingerprint density at radius 3 is 2.77 bits per heavy atom. The van der Waals surface area contributed by atoms with E-state index in [-0.39, 0.29) is 0 Å². The zero-order valence-corrected chi connectivity index (χ0v) is 16.0. The van der Waals surface area contributed by atoms with E-state index in [1.807, 2.05) is 37.4 Å². The van der Waals surface area contributed by atoms with E-state index >= 15 is 0 Å². The molecule has 1 aliphatic heterocycles. The Labute approximate surface area is 155 Å². The number of nitrogens with zero attached hydrogens (tertiary/aromatic N) is 4. The van der Waals surface area contributed by atoms with E-state index in [1.165, 1.54) is 6.42 Å². The summed E-state index contributed by atoms with van der Waals surface area (Å²) >= 11 is 0. The summed E-state index contributed by atoms with van der Waals surface area (Å²) in [7, 11) is 1.84. The molecule has 6 heteroatoms. The topological polar surface area (TPSA) is 56.9 Å². The number of aliphatic imine (C=N–C) groups is 1. The average molecular weight is 355 g/mol. The lowest BCUT2D eigenvalue weighted by Crippen LogP contribution is -2.43.